The summed E-state index contributed by atoms with van der Waals surface area (Å²) in [4.78, 5) is 11.6. The van der Waals surface area contributed by atoms with Crippen LogP contribution in [0.3, 0.4) is 0 Å². The van der Waals surface area contributed by atoms with E-state index >= 15 is 0 Å². The molecule has 2 aromatic heterocycles. The molecule has 1 aliphatic rings. The highest BCUT2D eigenvalue weighted by atomic mass is 28.4. The van der Waals surface area contributed by atoms with Gasteiger partial charge in [-0.2, -0.15) is 13.2 Å². The van der Waals surface area contributed by atoms with Crippen LogP contribution < -0.4 is 0 Å². The largest absolute Gasteiger partial charge is 0.451 e. The van der Waals surface area contributed by atoms with E-state index in [2.05, 4.69) is 54.9 Å². The molecule has 152 valence electrons. The zero-order chi connectivity index (χ0) is 20.7. The van der Waals surface area contributed by atoms with Gasteiger partial charge in [0.15, 0.2) is 8.32 Å². The molecule has 0 atom stereocenters. The molecule has 0 aromatic carbocycles. The fourth-order valence-electron chi connectivity index (χ4n) is 2.52. The van der Waals surface area contributed by atoms with Crippen LogP contribution in [0.5, 0.6) is 0 Å². The quantitative estimate of drug-likeness (QED) is 0.572. The average Bonchev–Trinajstić information content (AvgIpc) is 3.43. The van der Waals surface area contributed by atoms with E-state index in [9.17, 15) is 13.2 Å². The molecule has 1 saturated carbocycles. The Labute approximate surface area is 164 Å². The van der Waals surface area contributed by atoms with Crippen molar-refractivity contribution in [3.63, 3.8) is 0 Å². The summed E-state index contributed by atoms with van der Waals surface area (Å²) < 4.78 is 44.5. The molecular formula is C20H26F3N3OSi. The van der Waals surface area contributed by atoms with Crippen LogP contribution in [0.4, 0.5) is 13.2 Å². The lowest BCUT2D eigenvalue weighted by Gasteiger charge is -2.36. The fourth-order valence-corrected chi connectivity index (χ4v) is 3.48. The van der Waals surface area contributed by atoms with Gasteiger partial charge in [-0.05, 0) is 48.7 Å². The van der Waals surface area contributed by atoms with Gasteiger partial charge in [-0.3, -0.25) is 4.98 Å². The Hall–Kier alpha value is -1.80. The average molecular weight is 410 g/mol. The minimum Gasteiger partial charge on any atom is -0.413 e. The molecule has 8 heteroatoms. The van der Waals surface area contributed by atoms with Crippen molar-refractivity contribution in [1.29, 1.82) is 0 Å². The number of hydrogen-bond acceptors (Lipinski definition) is 4. The van der Waals surface area contributed by atoms with Crippen molar-refractivity contribution in [3.05, 3.63) is 41.6 Å². The number of halogens is 3. The predicted molar refractivity (Wildman–Crippen MR) is 104 cm³/mol. The maximum Gasteiger partial charge on any atom is 0.451 e. The summed E-state index contributed by atoms with van der Waals surface area (Å²) in [6, 6.07) is 3.92. The lowest BCUT2D eigenvalue weighted by molar-refractivity contribution is -0.144. The van der Waals surface area contributed by atoms with Crippen LogP contribution in [0, 0.1) is 0 Å². The normalized spacial score (nSPS) is 15.7. The Balaban J connectivity index is 1.88. The molecule has 3 rings (SSSR count). The monoisotopic (exact) mass is 409 g/mol. The van der Waals surface area contributed by atoms with Crippen LogP contribution >= 0.6 is 0 Å². The Morgan fingerprint density at radius 1 is 1.07 bits per heavy atom. The van der Waals surface area contributed by atoms with E-state index in [-0.39, 0.29) is 5.04 Å². The third-order valence-corrected chi connectivity index (χ3v) is 9.99. The van der Waals surface area contributed by atoms with E-state index in [0.29, 0.717) is 23.8 Å². The number of aromatic nitrogens is 3. The van der Waals surface area contributed by atoms with Gasteiger partial charge >= 0.3 is 6.18 Å². The summed E-state index contributed by atoms with van der Waals surface area (Å²) in [6.07, 6.45) is -0.00436. The van der Waals surface area contributed by atoms with Gasteiger partial charge in [-0.15, -0.1) is 0 Å². The zero-order valence-corrected chi connectivity index (χ0v) is 17.9. The summed E-state index contributed by atoms with van der Waals surface area (Å²) in [7, 11) is -1.91. The first-order valence-corrected chi connectivity index (χ1v) is 12.3. The first-order valence-electron chi connectivity index (χ1n) is 9.41. The van der Waals surface area contributed by atoms with Crippen LogP contribution in [-0.4, -0.2) is 23.3 Å². The molecule has 0 aliphatic heterocycles. The summed E-state index contributed by atoms with van der Waals surface area (Å²) in [5.41, 5.74) is 3.01. The summed E-state index contributed by atoms with van der Waals surface area (Å²) in [5.74, 6) is -0.724. The molecular weight excluding hydrogens is 383 g/mol. The van der Waals surface area contributed by atoms with Crippen molar-refractivity contribution in [2.75, 3.05) is 0 Å². The topological polar surface area (TPSA) is 47.9 Å². The van der Waals surface area contributed by atoms with Gasteiger partial charge < -0.3 is 4.43 Å². The Morgan fingerprint density at radius 2 is 1.68 bits per heavy atom. The molecule has 0 spiro atoms. The van der Waals surface area contributed by atoms with Crippen molar-refractivity contribution in [2.24, 2.45) is 0 Å². The third-order valence-electron chi connectivity index (χ3n) is 5.51. The second-order valence-electron chi connectivity index (χ2n) is 8.90. The van der Waals surface area contributed by atoms with Crippen molar-refractivity contribution < 1.29 is 17.6 Å². The van der Waals surface area contributed by atoms with Gasteiger partial charge in [0, 0.05) is 29.6 Å². The summed E-state index contributed by atoms with van der Waals surface area (Å²) >= 11 is 0. The second kappa shape index (κ2) is 7.22. The van der Waals surface area contributed by atoms with Crippen LogP contribution in [0.15, 0.2) is 24.5 Å². The molecule has 1 aliphatic carbocycles. The van der Waals surface area contributed by atoms with Gasteiger partial charge in [-0.1, -0.05) is 20.8 Å². The lowest BCUT2D eigenvalue weighted by Crippen LogP contribution is -2.40. The van der Waals surface area contributed by atoms with Gasteiger partial charge in [0.1, 0.15) is 0 Å². The first-order chi connectivity index (χ1) is 12.9. The molecule has 0 N–H and O–H groups in total. The number of alkyl halides is 3. The number of hydrogen-bond donors (Lipinski definition) is 0. The maximum absolute atomic E-state index is 12.7. The zero-order valence-electron chi connectivity index (χ0n) is 16.9. The lowest BCUT2D eigenvalue weighted by atomic mass is 10.1. The fraction of sp³-hybridized carbons (Fsp3) is 0.550. The third kappa shape index (κ3) is 4.78. The van der Waals surface area contributed by atoms with Crippen LogP contribution in [-0.2, 0) is 17.2 Å². The van der Waals surface area contributed by atoms with Gasteiger partial charge in [0.05, 0.1) is 12.3 Å². The van der Waals surface area contributed by atoms with E-state index in [1.54, 1.807) is 0 Å². The van der Waals surface area contributed by atoms with Crippen LogP contribution in [0.1, 0.15) is 56.6 Å². The van der Waals surface area contributed by atoms with Crippen molar-refractivity contribution >= 4 is 8.32 Å². The molecule has 0 saturated heterocycles. The SMILES string of the molecule is CC(C)(C)[Si](C)(C)OCc1cc(-c2cnc(C(F)(F)F)nc2)nc(C2CC2)c1. The Bertz CT molecular complexity index is 841. The van der Waals surface area contributed by atoms with Crippen LogP contribution in [0.2, 0.25) is 18.1 Å². The van der Waals surface area contributed by atoms with Crippen molar-refractivity contribution in [2.45, 2.75) is 70.4 Å². The van der Waals surface area contributed by atoms with E-state index in [1.807, 2.05) is 6.07 Å². The number of nitrogens with zero attached hydrogens (tertiary/aromatic N) is 3. The standard InChI is InChI=1S/C20H26F3N3OSi/c1-19(2,3)28(4,5)27-12-13-8-16(14-6-7-14)26-17(9-13)15-10-24-18(25-11-15)20(21,22)23/h8-11,14H,6-7,12H2,1-5H3. The predicted octanol–water partition coefficient (Wildman–Crippen LogP) is 5.96. The first kappa shape index (κ1) is 20.9. The smallest absolute Gasteiger partial charge is 0.413 e. The summed E-state index contributed by atoms with van der Waals surface area (Å²) in [5, 5.41) is 0.101. The molecule has 0 amide bonds. The van der Waals surface area contributed by atoms with Crippen molar-refractivity contribution in [1.82, 2.24) is 15.0 Å². The number of pyridine rings is 1. The maximum atomic E-state index is 12.7. The number of rotatable bonds is 5. The highest BCUT2D eigenvalue weighted by Gasteiger charge is 2.37. The Morgan fingerprint density at radius 3 is 2.18 bits per heavy atom. The highest BCUT2D eigenvalue weighted by molar-refractivity contribution is 6.74. The van der Waals surface area contributed by atoms with Gasteiger partial charge in [0.2, 0.25) is 5.82 Å². The summed E-state index contributed by atoms with van der Waals surface area (Å²) in [6.45, 7) is 11.4. The van der Waals surface area contributed by atoms with E-state index in [4.69, 9.17) is 4.43 Å². The van der Waals surface area contributed by atoms with E-state index in [0.717, 1.165) is 24.1 Å². The second-order valence-corrected chi connectivity index (χ2v) is 13.7. The van der Waals surface area contributed by atoms with E-state index in [1.165, 1.54) is 12.4 Å². The van der Waals surface area contributed by atoms with E-state index < -0.39 is 20.3 Å². The highest BCUT2D eigenvalue weighted by Crippen LogP contribution is 2.41. The Kier molecular flexibility index (Phi) is 5.40. The molecule has 2 aromatic rings. The molecule has 0 bridgehead atoms. The minimum atomic E-state index is -4.55. The molecule has 2 heterocycles. The minimum absolute atomic E-state index is 0.101. The molecule has 0 unspecified atom stereocenters. The molecule has 28 heavy (non-hydrogen) atoms. The molecule has 1 fully saturated rings. The molecule has 4 nitrogen and oxygen atoms in total. The molecule has 0 radical (unpaired) electrons. The van der Waals surface area contributed by atoms with Gasteiger partial charge in [0.25, 0.3) is 0 Å². The van der Waals surface area contributed by atoms with Gasteiger partial charge in [-0.25, -0.2) is 9.97 Å². The van der Waals surface area contributed by atoms with Crippen LogP contribution in [0.25, 0.3) is 11.3 Å². The van der Waals surface area contributed by atoms with Crippen molar-refractivity contribution in [3.8, 4) is 11.3 Å².